The van der Waals surface area contributed by atoms with E-state index >= 15 is 0 Å². The normalized spacial score (nSPS) is 10.1. The van der Waals surface area contributed by atoms with Crippen LogP contribution < -0.4 is 0 Å². The number of fused-ring (bicyclic) bond motifs is 1. The van der Waals surface area contributed by atoms with Crippen molar-refractivity contribution in [2.24, 2.45) is 0 Å². The lowest BCUT2D eigenvalue weighted by Gasteiger charge is -1.91. The molecule has 2 aromatic heterocycles. The second kappa shape index (κ2) is 4.80. The number of nitrogens with one attached hydrogen (secondary N) is 1. The van der Waals surface area contributed by atoms with Crippen LogP contribution in [0.15, 0.2) is 6.20 Å². The SMILES string of the molecule is C[S+](C)[O-].Oc1nc(O)c2cn[nH]c2n1. The number of hydrogen-bond donors (Lipinski definition) is 3. The van der Waals surface area contributed by atoms with Crippen LogP contribution in [0.2, 0.25) is 0 Å². The minimum absolute atomic E-state index is 0.277. The summed E-state index contributed by atoms with van der Waals surface area (Å²) >= 11 is -0.611. The quantitative estimate of drug-likeness (QED) is 0.537. The maximum Gasteiger partial charge on any atom is 0.319 e. The van der Waals surface area contributed by atoms with E-state index in [-0.39, 0.29) is 5.88 Å². The van der Waals surface area contributed by atoms with Gasteiger partial charge in [-0.25, -0.2) is 0 Å². The van der Waals surface area contributed by atoms with Crippen LogP contribution in [0.4, 0.5) is 0 Å². The van der Waals surface area contributed by atoms with E-state index in [0.29, 0.717) is 11.0 Å². The van der Waals surface area contributed by atoms with E-state index in [2.05, 4.69) is 20.2 Å². The van der Waals surface area contributed by atoms with Crippen LogP contribution in [0, 0.1) is 0 Å². The van der Waals surface area contributed by atoms with Crippen LogP contribution in [0.3, 0.4) is 0 Å². The van der Waals surface area contributed by atoms with Crippen LogP contribution in [-0.2, 0) is 11.2 Å². The number of aromatic amines is 1. The van der Waals surface area contributed by atoms with Crippen molar-refractivity contribution < 1.29 is 14.8 Å². The molecule has 82 valence electrons. The molecule has 8 heteroatoms. The second-order valence-corrected chi connectivity index (χ2v) is 4.20. The van der Waals surface area contributed by atoms with Crippen molar-refractivity contribution in [3.8, 4) is 11.9 Å². The Labute approximate surface area is 88.4 Å². The van der Waals surface area contributed by atoms with Gasteiger partial charge in [-0.05, 0) is 0 Å². The van der Waals surface area contributed by atoms with Gasteiger partial charge in [0, 0.05) is 0 Å². The Morgan fingerprint density at radius 3 is 2.53 bits per heavy atom. The molecule has 7 nitrogen and oxygen atoms in total. The van der Waals surface area contributed by atoms with Gasteiger partial charge in [0.25, 0.3) is 0 Å². The standard InChI is InChI=1S/C5H4N4O2.C2H6OS/c10-4-2-1-6-9-3(2)7-5(11)8-4;1-4(2)3/h1H,(H3,6,7,8,9,10,11);1-2H3. The molecule has 0 atom stereocenters. The van der Waals surface area contributed by atoms with Crippen molar-refractivity contribution in [3.63, 3.8) is 0 Å². The van der Waals surface area contributed by atoms with Gasteiger partial charge in [-0.3, -0.25) is 5.10 Å². The van der Waals surface area contributed by atoms with E-state index in [1.165, 1.54) is 6.20 Å². The predicted octanol–water partition coefficient (Wildman–Crippen LogP) is -0.241. The molecule has 0 aliphatic carbocycles. The highest BCUT2D eigenvalue weighted by Crippen LogP contribution is 2.19. The lowest BCUT2D eigenvalue weighted by molar-refractivity contribution is 0.403. The molecule has 0 aromatic carbocycles. The topological polar surface area (TPSA) is 118 Å². The summed E-state index contributed by atoms with van der Waals surface area (Å²) in [5.41, 5.74) is 0.315. The van der Waals surface area contributed by atoms with E-state index in [0.717, 1.165) is 0 Å². The maximum atomic E-state index is 9.56. The van der Waals surface area contributed by atoms with Gasteiger partial charge in [0.05, 0.1) is 18.7 Å². The maximum absolute atomic E-state index is 9.56. The summed E-state index contributed by atoms with van der Waals surface area (Å²) in [6.45, 7) is 0. The smallest absolute Gasteiger partial charge is 0.319 e. The molecule has 3 N–H and O–H groups in total. The Morgan fingerprint density at radius 2 is 1.93 bits per heavy atom. The van der Waals surface area contributed by atoms with Gasteiger partial charge in [-0.15, -0.1) is 0 Å². The Balaban J connectivity index is 0.000000245. The minimum Gasteiger partial charge on any atom is -0.617 e. The molecule has 0 bridgehead atoms. The van der Waals surface area contributed by atoms with E-state index in [1.807, 2.05) is 0 Å². The molecule has 0 amide bonds. The Morgan fingerprint density at radius 1 is 1.33 bits per heavy atom. The van der Waals surface area contributed by atoms with Crippen LogP contribution >= 0.6 is 0 Å². The number of hydrogen-bond acceptors (Lipinski definition) is 6. The highest BCUT2D eigenvalue weighted by molar-refractivity contribution is 7.89. The van der Waals surface area contributed by atoms with Crippen molar-refractivity contribution >= 4 is 22.2 Å². The molecule has 2 heterocycles. The fourth-order valence-electron chi connectivity index (χ4n) is 0.808. The van der Waals surface area contributed by atoms with Crippen molar-refractivity contribution in [3.05, 3.63) is 6.20 Å². The first-order chi connectivity index (χ1) is 7.00. The van der Waals surface area contributed by atoms with Crippen LogP contribution in [0.5, 0.6) is 11.9 Å². The minimum atomic E-state index is -0.611. The van der Waals surface area contributed by atoms with Gasteiger partial charge in [-0.2, -0.15) is 15.1 Å². The third-order valence-electron chi connectivity index (χ3n) is 1.28. The highest BCUT2D eigenvalue weighted by Gasteiger charge is 2.05. The number of H-pyrrole nitrogens is 1. The van der Waals surface area contributed by atoms with E-state index in [4.69, 9.17) is 10.2 Å². The van der Waals surface area contributed by atoms with Crippen LogP contribution in [0.1, 0.15) is 0 Å². The van der Waals surface area contributed by atoms with Gasteiger partial charge in [0.2, 0.25) is 5.88 Å². The van der Waals surface area contributed by atoms with Gasteiger partial charge < -0.3 is 14.8 Å². The third kappa shape index (κ3) is 3.26. The number of aromatic hydroxyl groups is 2. The molecule has 2 rings (SSSR count). The summed E-state index contributed by atoms with van der Waals surface area (Å²) < 4.78 is 9.56. The summed E-state index contributed by atoms with van der Waals surface area (Å²) in [6, 6.07) is -0.473. The highest BCUT2D eigenvalue weighted by atomic mass is 32.2. The third-order valence-corrected chi connectivity index (χ3v) is 1.28. The number of nitrogens with zero attached hydrogens (tertiary/aromatic N) is 3. The number of rotatable bonds is 0. The van der Waals surface area contributed by atoms with Crippen molar-refractivity contribution in [1.29, 1.82) is 0 Å². The zero-order chi connectivity index (χ0) is 11.4. The first-order valence-electron chi connectivity index (χ1n) is 3.85. The molecule has 0 radical (unpaired) electrons. The molecule has 0 saturated heterocycles. The lowest BCUT2D eigenvalue weighted by Crippen LogP contribution is -1.86. The molecule has 0 unspecified atom stereocenters. The van der Waals surface area contributed by atoms with Crippen molar-refractivity contribution in [1.82, 2.24) is 20.2 Å². The van der Waals surface area contributed by atoms with Crippen LogP contribution in [-0.4, -0.2) is 47.4 Å². The molecule has 0 aliphatic heterocycles. The fraction of sp³-hybridized carbons (Fsp3) is 0.286. The first kappa shape index (κ1) is 11.5. The monoisotopic (exact) mass is 230 g/mol. The molecule has 0 spiro atoms. The zero-order valence-electron chi connectivity index (χ0n) is 8.13. The average molecular weight is 230 g/mol. The van der Waals surface area contributed by atoms with Crippen LogP contribution in [0.25, 0.3) is 11.0 Å². The molecule has 15 heavy (non-hydrogen) atoms. The van der Waals surface area contributed by atoms with Crippen molar-refractivity contribution in [2.75, 3.05) is 12.5 Å². The lowest BCUT2D eigenvalue weighted by atomic mass is 10.4. The zero-order valence-corrected chi connectivity index (χ0v) is 8.95. The fourth-order valence-corrected chi connectivity index (χ4v) is 0.808. The Hall–Kier alpha value is -1.54. The molecular formula is C7H10N4O3S. The first-order valence-corrected chi connectivity index (χ1v) is 5.81. The van der Waals surface area contributed by atoms with E-state index in [1.54, 1.807) is 12.5 Å². The Kier molecular flexibility index (Phi) is 3.69. The van der Waals surface area contributed by atoms with Gasteiger partial charge >= 0.3 is 6.01 Å². The molecule has 0 fully saturated rings. The second-order valence-electron chi connectivity index (χ2n) is 2.72. The summed E-state index contributed by atoms with van der Waals surface area (Å²) in [5, 5.41) is 24.3. The van der Waals surface area contributed by atoms with Crippen molar-refractivity contribution in [2.45, 2.75) is 0 Å². The predicted molar refractivity (Wildman–Crippen MR) is 55.0 cm³/mol. The largest absolute Gasteiger partial charge is 0.617 e. The van der Waals surface area contributed by atoms with E-state index in [9.17, 15) is 4.55 Å². The van der Waals surface area contributed by atoms with Gasteiger partial charge in [0.1, 0.15) is 5.39 Å². The van der Waals surface area contributed by atoms with Gasteiger partial charge in [0.15, 0.2) is 5.65 Å². The average Bonchev–Trinajstić information content (AvgIpc) is 2.50. The molecular weight excluding hydrogens is 220 g/mol. The van der Waals surface area contributed by atoms with Gasteiger partial charge in [-0.1, -0.05) is 11.2 Å². The summed E-state index contributed by atoms with van der Waals surface area (Å²) in [4.78, 5) is 6.88. The summed E-state index contributed by atoms with van der Waals surface area (Å²) in [7, 11) is 0. The molecule has 0 saturated carbocycles. The number of aromatic nitrogens is 4. The Bertz CT molecular complexity index is 442. The molecule has 0 aliphatic rings. The molecule has 2 aromatic rings. The summed E-state index contributed by atoms with van der Waals surface area (Å²) in [5.74, 6) is -0.277. The summed E-state index contributed by atoms with van der Waals surface area (Å²) in [6.07, 6.45) is 4.66. The van der Waals surface area contributed by atoms with E-state index < -0.39 is 17.2 Å².